The van der Waals surface area contributed by atoms with Gasteiger partial charge in [0.05, 0.1) is 22.7 Å². The molecule has 0 atom stereocenters. The summed E-state index contributed by atoms with van der Waals surface area (Å²) in [7, 11) is 0. The summed E-state index contributed by atoms with van der Waals surface area (Å²) in [6, 6.07) is 15.8. The van der Waals surface area contributed by atoms with Crippen LogP contribution in [0.25, 0.3) is 23.0 Å². The average Bonchev–Trinajstić information content (AvgIpc) is 3.22. The van der Waals surface area contributed by atoms with Crippen molar-refractivity contribution in [1.29, 1.82) is 0 Å². The molecule has 2 heterocycles. The molecule has 0 spiro atoms. The lowest BCUT2D eigenvalue weighted by atomic mass is 10.0. The third-order valence-corrected chi connectivity index (χ3v) is 4.14. The Labute approximate surface area is 149 Å². The summed E-state index contributed by atoms with van der Waals surface area (Å²) in [6.45, 7) is 1.77. The fourth-order valence-electron chi connectivity index (χ4n) is 2.78. The number of aromatic nitrogens is 2. The molecule has 2 aromatic carbocycles. The van der Waals surface area contributed by atoms with E-state index >= 15 is 0 Å². The van der Waals surface area contributed by atoms with E-state index in [-0.39, 0.29) is 11.7 Å². The van der Waals surface area contributed by atoms with Crippen molar-refractivity contribution in [3.8, 4) is 16.9 Å². The number of nitrogens with one attached hydrogen (secondary N) is 1. The highest BCUT2D eigenvalue weighted by atomic mass is 19.1. The molecule has 0 bridgehead atoms. The highest BCUT2D eigenvalue weighted by molar-refractivity contribution is 6.26. The summed E-state index contributed by atoms with van der Waals surface area (Å²) in [5, 5.41) is 8.60. The first-order chi connectivity index (χ1) is 12.6. The molecule has 5 nitrogen and oxygen atoms in total. The molecule has 0 saturated heterocycles. The van der Waals surface area contributed by atoms with Gasteiger partial charge in [-0.15, -0.1) is 0 Å². The van der Waals surface area contributed by atoms with Crippen molar-refractivity contribution in [3.05, 3.63) is 77.7 Å². The second kappa shape index (κ2) is 6.40. The Bertz CT molecular complexity index is 1030. The Balaban J connectivity index is 1.87. The Morgan fingerprint density at radius 2 is 1.81 bits per heavy atom. The normalized spacial score (nSPS) is 15.2. The van der Waals surface area contributed by atoms with Gasteiger partial charge in [-0.25, -0.2) is 14.5 Å². The zero-order valence-electron chi connectivity index (χ0n) is 14.0. The molecule has 4 rings (SSSR count). The van der Waals surface area contributed by atoms with E-state index in [0.29, 0.717) is 17.0 Å². The molecule has 1 aromatic heterocycles. The number of carbonyl (C=O) groups excluding carboxylic acids is 1. The van der Waals surface area contributed by atoms with Gasteiger partial charge >= 0.3 is 0 Å². The van der Waals surface area contributed by atoms with Crippen LogP contribution in [0.3, 0.4) is 0 Å². The van der Waals surface area contributed by atoms with Gasteiger partial charge in [-0.3, -0.25) is 4.79 Å². The van der Waals surface area contributed by atoms with E-state index in [9.17, 15) is 9.18 Å². The molecule has 0 saturated carbocycles. The van der Waals surface area contributed by atoms with Crippen LogP contribution in [0.15, 0.2) is 71.5 Å². The van der Waals surface area contributed by atoms with E-state index in [1.807, 2.05) is 36.5 Å². The summed E-state index contributed by atoms with van der Waals surface area (Å²) in [6.07, 6.45) is 3.60. The number of para-hydroxylation sites is 1. The monoisotopic (exact) mass is 346 g/mol. The predicted molar refractivity (Wildman–Crippen MR) is 98.2 cm³/mol. The zero-order chi connectivity index (χ0) is 18.1. The maximum atomic E-state index is 13.3. The van der Waals surface area contributed by atoms with Gasteiger partial charge in [0.25, 0.3) is 5.91 Å². The van der Waals surface area contributed by atoms with Crippen LogP contribution in [0, 0.1) is 5.82 Å². The maximum absolute atomic E-state index is 13.3. The largest absolute Gasteiger partial charge is 0.273 e. The molecule has 26 heavy (non-hydrogen) atoms. The van der Waals surface area contributed by atoms with Crippen molar-refractivity contribution >= 4 is 17.7 Å². The quantitative estimate of drug-likeness (QED) is 0.737. The molecule has 1 aliphatic rings. The third kappa shape index (κ3) is 2.93. The SMILES string of the molecule is CC1=NNC(=O)/C1=C/c1cn(-c2ccccc2)nc1-c1ccc(F)cc1. The number of nitrogens with zero attached hydrogens (tertiary/aromatic N) is 3. The lowest BCUT2D eigenvalue weighted by molar-refractivity contribution is -0.116. The van der Waals surface area contributed by atoms with Crippen LogP contribution in [0.4, 0.5) is 4.39 Å². The van der Waals surface area contributed by atoms with E-state index in [0.717, 1.165) is 16.8 Å². The summed E-state index contributed by atoms with van der Waals surface area (Å²) in [5.41, 5.74) is 6.62. The first-order valence-electron chi connectivity index (χ1n) is 8.09. The van der Waals surface area contributed by atoms with Crippen molar-refractivity contribution in [2.75, 3.05) is 0 Å². The fraction of sp³-hybridized carbons (Fsp3) is 0.0500. The number of hydrazone groups is 1. The minimum absolute atomic E-state index is 0.250. The van der Waals surface area contributed by atoms with E-state index in [1.165, 1.54) is 12.1 Å². The lowest BCUT2D eigenvalue weighted by Crippen LogP contribution is -2.12. The van der Waals surface area contributed by atoms with Gasteiger partial charge in [-0.2, -0.15) is 10.2 Å². The smallest absolute Gasteiger partial charge is 0.267 e. The third-order valence-electron chi connectivity index (χ3n) is 4.14. The van der Waals surface area contributed by atoms with Crippen molar-refractivity contribution < 1.29 is 9.18 Å². The predicted octanol–water partition coefficient (Wildman–Crippen LogP) is 3.57. The Kier molecular flexibility index (Phi) is 3.93. The molecule has 128 valence electrons. The van der Waals surface area contributed by atoms with Crippen LogP contribution >= 0.6 is 0 Å². The first-order valence-corrected chi connectivity index (χ1v) is 8.09. The highest BCUT2D eigenvalue weighted by Crippen LogP contribution is 2.26. The topological polar surface area (TPSA) is 59.3 Å². The van der Waals surface area contributed by atoms with Gasteiger partial charge in [0.1, 0.15) is 5.82 Å². The van der Waals surface area contributed by atoms with E-state index in [4.69, 9.17) is 0 Å². The van der Waals surface area contributed by atoms with Gasteiger partial charge < -0.3 is 0 Å². The van der Waals surface area contributed by atoms with Crippen molar-refractivity contribution in [3.63, 3.8) is 0 Å². The van der Waals surface area contributed by atoms with Crippen molar-refractivity contribution in [1.82, 2.24) is 15.2 Å². The number of rotatable bonds is 3. The van der Waals surface area contributed by atoms with Crippen molar-refractivity contribution in [2.45, 2.75) is 6.92 Å². The van der Waals surface area contributed by atoms with Crippen LogP contribution < -0.4 is 5.43 Å². The molecule has 6 heteroatoms. The fourth-order valence-corrected chi connectivity index (χ4v) is 2.78. The van der Waals surface area contributed by atoms with Crippen LogP contribution in [-0.4, -0.2) is 21.4 Å². The maximum Gasteiger partial charge on any atom is 0.273 e. The summed E-state index contributed by atoms with van der Waals surface area (Å²) in [4.78, 5) is 12.0. The number of hydrogen-bond acceptors (Lipinski definition) is 3. The van der Waals surface area contributed by atoms with Gasteiger partial charge in [0.2, 0.25) is 0 Å². The summed E-state index contributed by atoms with van der Waals surface area (Å²) in [5.74, 6) is -0.561. The van der Waals surface area contributed by atoms with E-state index in [2.05, 4.69) is 15.6 Å². The molecule has 0 aliphatic carbocycles. The van der Waals surface area contributed by atoms with Gasteiger partial charge in [-0.05, 0) is 49.4 Å². The van der Waals surface area contributed by atoms with E-state index < -0.39 is 0 Å². The Morgan fingerprint density at radius 3 is 2.46 bits per heavy atom. The minimum atomic E-state index is -0.311. The summed E-state index contributed by atoms with van der Waals surface area (Å²) < 4.78 is 15.0. The standard InChI is InChI=1S/C20H15FN4O/c1-13-18(20(26)23-22-13)11-15-12-25(17-5-3-2-4-6-17)24-19(15)14-7-9-16(21)10-8-14/h2-12H,1H3,(H,23,26)/b18-11+. The number of carbonyl (C=O) groups is 1. The molecule has 0 radical (unpaired) electrons. The van der Waals surface area contributed by atoms with Crippen LogP contribution in [0.5, 0.6) is 0 Å². The summed E-state index contributed by atoms with van der Waals surface area (Å²) >= 11 is 0. The average molecular weight is 346 g/mol. The number of hydrogen-bond donors (Lipinski definition) is 1. The Morgan fingerprint density at radius 1 is 1.08 bits per heavy atom. The van der Waals surface area contributed by atoms with Gasteiger partial charge in [0, 0.05) is 17.3 Å². The molecular weight excluding hydrogens is 331 g/mol. The molecule has 3 aromatic rings. The van der Waals surface area contributed by atoms with Gasteiger partial charge in [0.15, 0.2) is 0 Å². The lowest BCUT2D eigenvalue weighted by Gasteiger charge is -2.01. The first kappa shape index (κ1) is 16.0. The highest BCUT2D eigenvalue weighted by Gasteiger charge is 2.20. The molecule has 1 N–H and O–H groups in total. The van der Waals surface area contributed by atoms with Gasteiger partial charge in [-0.1, -0.05) is 18.2 Å². The van der Waals surface area contributed by atoms with Crippen LogP contribution in [0.1, 0.15) is 12.5 Å². The second-order valence-electron chi connectivity index (χ2n) is 5.92. The Hall–Kier alpha value is -3.54. The molecule has 0 fully saturated rings. The van der Waals surface area contributed by atoms with Crippen LogP contribution in [0.2, 0.25) is 0 Å². The number of benzene rings is 2. The molecular formula is C20H15FN4O. The van der Waals surface area contributed by atoms with Crippen molar-refractivity contribution in [2.24, 2.45) is 5.10 Å². The number of halogens is 1. The number of amides is 1. The second-order valence-corrected chi connectivity index (χ2v) is 5.92. The molecule has 0 unspecified atom stereocenters. The van der Waals surface area contributed by atoms with Crippen LogP contribution in [-0.2, 0) is 4.79 Å². The molecule has 1 amide bonds. The zero-order valence-corrected chi connectivity index (χ0v) is 14.0. The molecule has 1 aliphatic heterocycles. The van der Waals surface area contributed by atoms with E-state index in [1.54, 1.807) is 29.8 Å². The minimum Gasteiger partial charge on any atom is -0.267 e.